The third-order valence-electron chi connectivity index (χ3n) is 5.97. The van der Waals surface area contributed by atoms with E-state index in [1.807, 2.05) is 73.6 Å². The topological polar surface area (TPSA) is 131 Å². The van der Waals surface area contributed by atoms with Gasteiger partial charge in [-0.3, -0.25) is 14.4 Å². The SMILES string of the molecule is CCC(C)(C)N(C(=O)C(CC(N)=O)NC(=O)OC(C)(C)C)C(C(=O)NC(C)(C)C)c1c(C)cccc1C. The van der Waals surface area contributed by atoms with Crippen molar-refractivity contribution in [1.29, 1.82) is 0 Å². The summed E-state index contributed by atoms with van der Waals surface area (Å²) in [6.07, 6.45) is -0.808. The molecule has 9 nitrogen and oxygen atoms in total. The van der Waals surface area contributed by atoms with E-state index < -0.39 is 53.1 Å². The van der Waals surface area contributed by atoms with Crippen LogP contribution in [-0.4, -0.2) is 51.4 Å². The highest BCUT2D eigenvalue weighted by molar-refractivity contribution is 5.95. The van der Waals surface area contributed by atoms with Crippen LogP contribution < -0.4 is 16.4 Å². The molecule has 4 amide bonds. The van der Waals surface area contributed by atoms with Gasteiger partial charge in [-0.15, -0.1) is 0 Å². The molecular weight excluding hydrogens is 472 g/mol. The zero-order valence-electron chi connectivity index (χ0n) is 24.4. The summed E-state index contributed by atoms with van der Waals surface area (Å²) in [7, 11) is 0. The average Bonchev–Trinajstić information content (AvgIpc) is 2.68. The Balaban J connectivity index is 3.80. The van der Waals surface area contributed by atoms with Crippen molar-refractivity contribution >= 4 is 23.8 Å². The summed E-state index contributed by atoms with van der Waals surface area (Å²) >= 11 is 0. The van der Waals surface area contributed by atoms with Crippen molar-refractivity contribution in [3.63, 3.8) is 0 Å². The van der Waals surface area contributed by atoms with Crippen LogP contribution in [0.25, 0.3) is 0 Å². The predicted octanol–water partition coefficient (Wildman–Crippen LogP) is 4.05. The second kappa shape index (κ2) is 12.0. The predicted molar refractivity (Wildman–Crippen MR) is 145 cm³/mol. The van der Waals surface area contributed by atoms with E-state index in [4.69, 9.17) is 10.5 Å². The summed E-state index contributed by atoms with van der Waals surface area (Å²) in [6.45, 7) is 20.1. The third kappa shape index (κ3) is 9.37. The van der Waals surface area contributed by atoms with Crippen molar-refractivity contribution in [3.05, 3.63) is 34.9 Å². The lowest BCUT2D eigenvalue weighted by Gasteiger charge is -2.45. The van der Waals surface area contributed by atoms with Gasteiger partial charge in [-0.25, -0.2) is 4.79 Å². The lowest BCUT2D eigenvalue weighted by atomic mass is 9.87. The molecule has 1 aromatic carbocycles. The fourth-order valence-electron chi connectivity index (χ4n) is 4.04. The maximum absolute atomic E-state index is 14.3. The van der Waals surface area contributed by atoms with Gasteiger partial charge in [0.25, 0.3) is 0 Å². The highest BCUT2D eigenvalue weighted by atomic mass is 16.6. The van der Waals surface area contributed by atoms with Crippen molar-refractivity contribution < 1.29 is 23.9 Å². The molecule has 0 saturated heterocycles. The minimum absolute atomic E-state index is 0.366. The Morgan fingerprint density at radius 1 is 0.973 bits per heavy atom. The Bertz CT molecular complexity index is 985. The van der Waals surface area contributed by atoms with E-state index in [1.165, 1.54) is 4.90 Å². The summed E-state index contributed by atoms with van der Waals surface area (Å²) in [5.41, 5.74) is 5.61. The molecule has 9 heteroatoms. The highest BCUT2D eigenvalue weighted by Gasteiger charge is 2.44. The summed E-state index contributed by atoms with van der Waals surface area (Å²) < 4.78 is 5.34. The number of nitrogens with two attached hydrogens (primary N) is 1. The first-order chi connectivity index (χ1) is 16.7. The van der Waals surface area contributed by atoms with E-state index in [2.05, 4.69) is 10.6 Å². The van der Waals surface area contributed by atoms with Crippen LogP contribution in [0.15, 0.2) is 18.2 Å². The minimum atomic E-state index is -1.33. The first kappa shape index (κ1) is 31.9. The van der Waals surface area contributed by atoms with Crippen LogP contribution in [0.3, 0.4) is 0 Å². The standard InChI is InChI=1S/C28H46N4O5/c1-12-28(10,11)32(24(35)19(16-20(29)33)30-25(36)37-27(7,8)9)22(23(34)31-26(4,5)6)21-17(2)14-13-15-18(21)3/h13-15,19,22H,12,16H2,1-11H3,(H2,29,33)(H,30,36)(H,31,34). The molecule has 0 saturated carbocycles. The van der Waals surface area contributed by atoms with E-state index in [0.29, 0.717) is 12.0 Å². The summed E-state index contributed by atoms with van der Waals surface area (Å²) in [5, 5.41) is 5.54. The van der Waals surface area contributed by atoms with Crippen molar-refractivity contribution in [2.24, 2.45) is 5.73 Å². The van der Waals surface area contributed by atoms with Gasteiger partial charge in [-0.1, -0.05) is 25.1 Å². The number of benzene rings is 1. The van der Waals surface area contributed by atoms with Gasteiger partial charge in [0.05, 0.1) is 6.42 Å². The van der Waals surface area contributed by atoms with Crippen LogP contribution in [0.2, 0.25) is 0 Å². The minimum Gasteiger partial charge on any atom is -0.444 e. The largest absolute Gasteiger partial charge is 0.444 e. The highest BCUT2D eigenvalue weighted by Crippen LogP contribution is 2.35. The summed E-state index contributed by atoms with van der Waals surface area (Å²) in [5.74, 6) is -1.74. The Hall–Kier alpha value is -3.10. The number of alkyl carbamates (subject to hydrolysis) is 1. The molecule has 0 fully saturated rings. The van der Waals surface area contributed by atoms with Crippen molar-refractivity contribution in [2.45, 2.75) is 118 Å². The van der Waals surface area contributed by atoms with Gasteiger partial charge >= 0.3 is 6.09 Å². The fraction of sp³-hybridized carbons (Fsp3) is 0.643. The van der Waals surface area contributed by atoms with Crippen LogP contribution in [0, 0.1) is 13.8 Å². The zero-order chi connectivity index (χ0) is 28.9. The molecular formula is C28H46N4O5. The van der Waals surface area contributed by atoms with Crippen LogP contribution >= 0.6 is 0 Å². The second-order valence-corrected chi connectivity index (χ2v) is 12.2. The quantitative estimate of drug-likeness (QED) is 0.454. The lowest BCUT2D eigenvalue weighted by Crippen LogP contribution is -2.61. The first-order valence-electron chi connectivity index (χ1n) is 12.7. The molecule has 1 aromatic rings. The number of carbonyl (C=O) groups is 4. The van der Waals surface area contributed by atoms with E-state index in [0.717, 1.165) is 11.1 Å². The monoisotopic (exact) mass is 518 g/mol. The van der Waals surface area contributed by atoms with Gasteiger partial charge in [0.1, 0.15) is 17.7 Å². The van der Waals surface area contributed by atoms with Crippen molar-refractivity contribution in [3.8, 4) is 0 Å². The molecule has 4 N–H and O–H groups in total. The maximum Gasteiger partial charge on any atom is 0.408 e. The van der Waals surface area contributed by atoms with Crippen molar-refractivity contribution in [2.75, 3.05) is 0 Å². The van der Waals surface area contributed by atoms with E-state index in [9.17, 15) is 19.2 Å². The first-order valence-corrected chi connectivity index (χ1v) is 12.7. The Kier molecular flexibility index (Phi) is 10.3. The van der Waals surface area contributed by atoms with Gasteiger partial charge in [0.2, 0.25) is 17.7 Å². The Labute approximate surface area is 221 Å². The number of aryl methyl sites for hydroxylation is 2. The number of primary amides is 1. The van der Waals surface area contributed by atoms with Gasteiger partial charge in [0, 0.05) is 11.1 Å². The molecule has 0 heterocycles. The number of nitrogens with zero attached hydrogens (tertiary/aromatic N) is 1. The molecule has 208 valence electrons. The molecule has 0 aromatic heterocycles. The number of hydrogen-bond acceptors (Lipinski definition) is 5. The smallest absolute Gasteiger partial charge is 0.408 e. The van der Waals surface area contributed by atoms with E-state index >= 15 is 0 Å². The number of carbonyl (C=O) groups excluding carboxylic acids is 4. The van der Waals surface area contributed by atoms with Gasteiger partial charge < -0.3 is 26.0 Å². The molecule has 0 bridgehead atoms. The molecule has 0 radical (unpaired) electrons. The molecule has 0 aliphatic heterocycles. The molecule has 0 spiro atoms. The fourth-order valence-corrected chi connectivity index (χ4v) is 4.04. The van der Waals surface area contributed by atoms with Crippen LogP contribution in [0.4, 0.5) is 4.79 Å². The molecule has 2 atom stereocenters. The molecule has 0 aliphatic rings. The lowest BCUT2D eigenvalue weighted by molar-refractivity contribution is -0.150. The number of amides is 4. The molecule has 1 rings (SSSR count). The van der Waals surface area contributed by atoms with E-state index in [-0.39, 0.29) is 5.91 Å². The summed E-state index contributed by atoms with van der Waals surface area (Å²) in [4.78, 5) is 54.3. The Morgan fingerprint density at radius 2 is 1.49 bits per heavy atom. The Morgan fingerprint density at radius 3 is 1.89 bits per heavy atom. The van der Waals surface area contributed by atoms with Gasteiger partial charge in [-0.05, 0) is 92.3 Å². The van der Waals surface area contributed by atoms with Crippen LogP contribution in [-0.2, 0) is 19.1 Å². The van der Waals surface area contributed by atoms with Crippen LogP contribution in [0.5, 0.6) is 0 Å². The maximum atomic E-state index is 14.3. The molecule has 2 unspecified atom stereocenters. The number of nitrogens with one attached hydrogen (secondary N) is 2. The molecule has 0 aliphatic carbocycles. The number of ether oxygens (including phenoxy) is 1. The van der Waals surface area contributed by atoms with Gasteiger partial charge in [0.15, 0.2) is 0 Å². The van der Waals surface area contributed by atoms with E-state index in [1.54, 1.807) is 20.8 Å². The average molecular weight is 519 g/mol. The summed E-state index contributed by atoms with van der Waals surface area (Å²) in [6, 6.07) is 3.32. The number of rotatable bonds is 9. The third-order valence-corrected chi connectivity index (χ3v) is 5.97. The zero-order valence-corrected chi connectivity index (χ0v) is 24.4. The van der Waals surface area contributed by atoms with Gasteiger partial charge in [-0.2, -0.15) is 0 Å². The van der Waals surface area contributed by atoms with Crippen LogP contribution in [0.1, 0.15) is 97.9 Å². The van der Waals surface area contributed by atoms with Crippen molar-refractivity contribution in [1.82, 2.24) is 15.5 Å². The second-order valence-electron chi connectivity index (χ2n) is 12.2. The number of hydrogen-bond donors (Lipinski definition) is 3. The molecule has 37 heavy (non-hydrogen) atoms. The normalized spacial score (nSPS) is 13.8.